The monoisotopic (exact) mass is 996 g/mol. The van der Waals surface area contributed by atoms with Crippen molar-refractivity contribution in [3.8, 4) is 56.0 Å². The minimum atomic E-state index is -0.381. The van der Waals surface area contributed by atoms with Gasteiger partial charge in [-0.3, -0.25) is 0 Å². The summed E-state index contributed by atoms with van der Waals surface area (Å²) in [7, 11) is 2.85. The second-order valence-electron chi connectivity index (χ2n) is 17.2. The Morgan fingerprint density at radius 3 is 0.800 bits per heavy atom. The van der Waals surface area contributed by atoms with E-state index in [0.717, 1.165) is 135 Å². The molecule has 0 aromatic heterocycles. The van der Waals surface area contributed by atoms with Crippen LogP contribution < -0.4 is 0 Å². The Balaban J connectivity index is 0.971. The summed E-state index contributed by atoms with van der Waals surface area (Å²) in [5, 5.41) is 21.4. The lowest BCUT2D eigenvalue weighted by Crippen LogP contribution is -2.06. The van der Waals surface area contributed by atoms with Crippen LogP contribution in [-0.2, 0) is 55.5 Å². The average molecular weight is 997 g/mol. The highest BCUT2D eigenvalue weighted by Crippen LogP contribution is 2.37. The number of methoxy groups -OCH3 is 2. The molecule has 7 aliphatic heterocycles. The van der Waals surface area contributed by atoms with E-state index in [1.807, 2.05) is 60.7 Å². The molecule has 10 heteroatoms. The van der Waals surface area contributed by atoms with Crippen LogP contribution in [-0.4, -0.2) is 36.4 Å². The maximum atomic E-state index is 13.4. The maximum absolute atomic E-state index is 13.4. The predicted octanol–water partition coefficient (Wildman–Crippen LogP) is 15.4. The standard InChI is InChI=1S/C60H52O6S4/c1-65-59(63)57-53-5-3-6-54(57)48-19-11-40(12-20-48)32-68-36-44-26-46(30-52(62)28-44)38-70-34-42-15-23-50(24-16-42)56-8-4-7-55(58(56)60(64)66-2)49-21-13-41(14-22-49)33-69-37-45-25-43(27-51(61)29-45)35-67-31-39-9-17-47(53)18-10-39/h3-30,61-62H,31-38H2,1-2H3. The molecule has 0 saturated heterocycles. The average Bonchev–Trinajstić information content (AvgIpc) is 3.38. The number of esters is 2. The molecule has 0 saturated carbocycles. The molecule has 0 radical (unpaired) electrons. The van der Waals surface area contributed by atoms with Crippen LogP contribution in [0.1, 0.15) is 65.2 Å². The first-order valence-electron chi connectivity index (χ1n) is 23.0. The van der Waals surface area contributed by atoms with E-state index in [0.29, 0.717) is 11.1 Å². The van der Waals surface area contributed by atoms with Crippen molar-refractivity contribution in [2.75, 3.05) is 14.2 Å². The van der Waals surface area contributed by atoms with Crippen LogP contribution in [0.2, 0.25) is 0 Å². The van der Waals surface area contributed by atoms with Gasteiger partial charge in [-0.15, -0.1) is 0 Å². The van der Waals surface area contributed by atoms with Crippen molar-refractivity contribution in [3.63, 3.8) is 0 Å². The van der Waals surface area contributed by atoms with E-state index in [9.17, 15) is 19.8 Å². The molecule has 7 heterocycles. The van der Waals surface area contributed by atoms with Gasteiger partial charge in [0.1, 0.15) is 11.5 Å². The number of ether oxygens (including phenoxy) is 2. The van der Waals surface area contributed by atoms with E-state index in [2.05, 4.69) is 109 Å². The largest absolute Gasteiger partial charge is 0.508 e. The van der Waals surface area contributed by atoms with Crippen molar-refractivity contribution in [3.05, 3.63) is 225 Å². The summed E-state index contributed by atoms with van der Waals surface area (Å²) in [6.07, 6.45) is 0. The van der Waals surface area contributed by atoms with Gasteiger partial charge in [0.25, 0.3) is 0 Å². The lowest BCUT2D eigenvalue weighted by molar-refractivity contribution is 0.0593. The third-order valence-corrected chi connectivity index (χ3v) is 16.5. The zero-order chi connectivity index (χ0) is 48.4. The molecule has 7 aliphatic rings. The minimum absolute atomic E-state index is 0.267. The van der Waals surface area contributed by atoms with Gasteiger partial charge in [0.15, 0.2) is 0 Å². The van der Waals surface area contributed by atoms with E-state index in [-0.39, 0.29) is 23.4 Å². The summed E-state index contributed by atoms with van der Waals surface area (Å²) in [4.78, 5) is 26.9. The molecule has 0 aliphatic carbocycles. The number of phenols is 2. The molecular weight excluding hydrogens is 945 g/mol. The predicted molar refractivity (Wildman–Crippen MR) is 294 cm³/mol. The van der Waals surface area contributed by atoms with E-state index in [1.165, 1.54) is 14.2 Å². The highest BCUT2D eigenvalue weighted by Gasteiger charge is 2.21. The topological polar surface area (TPSA) is 93.1 Å². The molecule has 70 heavy (non-hydrogen) atoms. The quantitative estimate of drug-likeness (QED) is 0.163. The van der Waals surface area contributed by atoms with Gasteiger partial charge in [0, 0.05) is 46.0 Å². The molecule has 15 rings (SSSR count). The minimum Gasteiger partial charge on any atom is -0.508 e. The first-order chi connectivity index (χ1) is 34.2. The number of carbonyl (C=O) groups is 2. The fourth-order valence-corrected chi connectivity index (χ4v) is 12.5. The van der Waals surface area contributed by atoms with Crippen molar-refractivity contribution in [1.82, 2.24) is 0 Å². The molecule has 0 unspecified atom stereocenters. The van der Waals surface area contributed by atoms with Crippen LogP contribution in [0.5, 0.6) is 11.5 Å². The summed E-state index contributed by atoms with van der Waals surface area (Å²) < 4.78 is 10.7. The Kier molecular flexibility index (Phi) is 16.1. The Morgan fingerprint density at radius 1 is 0.343 bits per heavy atom. The second kappa shape index (κ2) is 23.1. The fourth-order valence-electron chi connectivity index (χ4n) is 8.80. The van der Waals surface area contributed by atoms with Crippen LogP contribution in [0.15, 0.2) is 170 Å². The van der Waals surface area contributed by atoms with Crippen LogP contribution in [0.25, 0.3) is 44.5 Å². The lowest BCUT2D eigenvalue weighted by Gasteiger charge is -2.15. The number of hydrogen-bond donors (Lipinski definition) is 2. The molecule has 352 valence electrons. The number of aromatic hydroxyl groups is 2. The van der Waals surface area contributed by atoms with Gasteiger partial charge >= 0.3 is 11.9 Å². The molecule has 6 nitrogen and oxygen atoms in total. The summed E-state index contributed by atoms with van der Waals surface area (Å²) >= 11 is 7.16. The normalized spacial score (nSPS) is 13.4. The Labute approximate surface area is 427 Å². The van der Waals surface area contributed by atoms with Crippen molar-refractivity contribution < 1.29 is 29.3 Å². The molecular formula is C60H52O6S4. The molecule has 8 aromatic rings. The third-order valence-electron chi connectivity index (χ3n) is 12.2. The van der Waals surface area contributed by atoms with Crippen molar-refractivity contribution in [2.45, 2.75) is 46.0 Å². The third kappa shape index (κ3) is 12.0. The summed E-state index contributed by atoms with van der Waals surface area (Å²) in [6, 6.07) is 57.1. The zero-order valence-electron chi connectivity index (χ0n) is 39.0. The van der Waals surface area contributed by atoms with Crippen molar-refractivity contribution in [1.29, 1.82) is 0 Å². The van der Waals surface area contributed by atoms with E-state index in [4.69, 9.17) is 9.47 Å². The SMILES string of the molecule is COC(=O)c1c2cccc1-c1ccc(cc1)CSCc1cc(O)cc(c1)CSCc1ccc(cc1)-c1cccc(c1C(=O)OC)-c1ccc(cc1)CSCc1cc(O)cc(c1)CSCc1ccc-2cc1. The molecule has 0 atom stereocenters. The van der Waals surface area contributed by atoms with E-state index >= 15 is 0 Å². The van der Waals surface area contributed by atoms with Gasteiger partial charge in [-0.2, -0.15) is 47.0 Å². The number of rotatable bonds is 2. The number of benzene rings is 8. The smallest absolute Gasteiger partial charge is 0.339 e. The fraction of sp³-hybridized carbons (Fsp3) is 0.167. The molecule has 0 spiro atoms. The molecule has 8 aromatic carbocycles. The first-order valence-corrected chi connectivity index (χ1v) is 27.6. The molecule has 16 bridgehead atoms. The molecule has 2 N–H and O–H groups in total. The van der Waals surface area contributed by atoms with Crippen molar-refractivity contribution >= 4 is 59.0 Å². The van der Waals surface area contributed by atoms with Gasteiger partial charge in [0.05, 0.1) is 25.3 Å². The van der Waals surface area contributed by atoms with Gasteiger partial charge in [-0.25, -0.2) is 9.59 Å². The van der Waals surface area contributed by atoms with Gasteiger partial charge in [-0.1, -0.05) is 146 Å². The Bertz CT molecular complexity index is 2720. The molecule has 0 amide bonds. The van der Waals surface area contributed by atoms with Crippen LogP contribution in [0.3, 0.4) is 0 Å². The van der Waals surface area contributed by atoms with Crippen molar-refractivity contribution in [2.24, 2.45) is 0 Å². The van der Waals surface area contributed by atoms with Crippen LogP contribution in [0, 0.1) is 0 Å². The summed E-state index contributed by atoms with van der Waals surface area (Å²) in [5.74, 6) is 5.92. The molecule has 0 fully saturated rings. The number of carbonyl (C=O) groups excluding carboxylic acids is 2. The zero-order valence-corrected chi connectivity index (χ0v) is 42.2. The lowest BCUT2D eigenvalue weighted by atomic mass is 9.91. The van der Waals surface area contributed by atoms with Gasteiger partial charge < -0.3 is 19.7 Å². The Morgan fingerprint density at radius 2 is 0.571 bits per heavy atom. The second-order valence-corrected chi connectivity index (χ2v) is 21.2. The highest BCUT2D eigenvalue weighted by atomic mass is 32.2. The van der Waals surface area contributed by atoms with Gasteiger partial charge in [-0.05, 0) is 113 Å². The number of phenolic OH excluding ortho intramolecular Hbond substituents is 2. The van der Waals surface area contributed by atoms with Gasteiger partial charge in [0.2, 0.25) is 0 Å². The highest BCUT2D eigenvalue weighted by molar-refractivity contribution is 7.98. The summed E-state index contributed by atoms with van der Waals surface area (Å²) in [6.45, 7) is 0. The number of hydrogen-bond acceptors (Lipinski definition) is 10. The summed E-state index contributed by atoms with van der Waals surface area (Å²) in [5.41, 5.74) is 17.0. The van der Waals surface area contributed by atoms with Crippen LogP contribution >= 0.6 is 47.0 Å². The number of thioether (sulfide) groups is 4. The first kappa shape index (κ1) is 48.7. The maximum Gasteiger partial charge on any atom is 0.339 e. The van der Waals surface area contributed by atoms with E-state index in [1.54, 1.807) is 47.0 Å². The van der Waals surface area contributed by atoms with E-state index < -0.39 is 0 Å². The van der Waals surface area contributed by atoms with Crippen LogP contribution in [0.4, 0.5) is 0 Å². The Hall–Kier alpha value is -6.30.